The summed E-state index contributed by atoms with van der Waals surface area (Å²) in [6, 6.07) is 5.19. The second-order valence-electron chi connectivity index (χ2n) is 5.02. The summed E-state index contributed by atoms with van der Waals surface area (Å²) >= 11 is 0. The number of hydrogen-bond acceptors (Lipinski definition) is 3. The highest BCUT2D eigenvalue weighted by molar-refractivity contribution is 5.29. The zero-order chi connectivity index (χ0) is 13.7. The zero-order valence-electron chi connectivity index (χ0n) is 11.4. The van der Waals surface area contributed by atoms with Gasteiger partial charge in [0.25, 0.3) is 0 Å². The van der Waals surface area contributed by atoms with Crippen LogP contribution in [-0.2, 0) is 6.42 Å². The molecule has 1 aliphatic rings. The van der Waals surface area contributed by atoms with E-state index >= 15 is 0 Å². The van der Waals surface area contributed by atoms with Gasteiger partial charge in [-0.15, -0.1) is 0 Å². The van der Waals surface area contributed by atoms with Crippen LogP contribution in [-0.4, -0.2) is 42.4 Å². The molecule has 0 atom stereocenters. The van der Waals surface area contributed by atoms with Crippen LogP contribution >= 0.6 is 0 Å². The fourth-order valence-corrected chi connectivity index (χ4v) is 2.40. The monoisotopic (exact) mass is 267 g/mol. The van der Waals surface area contributed by atoms with Gasteiger partial charge in [-0.25, -0.2) is 4.39 Å². The van der Waals surface area contributed by atoms with Crippen LogP contribution in [0.25, 0.3) is 0 Å². The van der Waals surface area contributed by atoms with Crippen molar-refractivity contribution in [3.05, 3.63) is 29.6 Å². The van der Waals surface area contributed by atoms with Crippen molar-refractivity contribution in [2.24, 2.45) is 0 Å². The highest BCUT2D eigenvalue weighted by Gasteiger charge is 2.16. The Kier molecular flexibility index (Phi) is 5.16. The molecule has 0 saturated carbocycles. The van der Waals surface area contributed by atoms with E-state index < -0.39 is 0 Å². The lowest BCUT2D eigenvalue weighted by Crippen LogP contribution is -2.37. The lowest BCUT2D eigenvalue weighted by molar-refractivity contribution is 0.0832. The Morgan fingerprint density at radius 1 is 1.37 bits per heavy atom. The minimum absolute atomic E-state index is 0.140. The molecule has 0 amide bonds. The molecule has 1 heterocycles. The molecule has 1 aliphatic heterocycles. The second kappa shape index (κ2) is 6.87. The molecule has 0 aromatic heterocycles. The lowest BCUT2D eigenvalue weighted by Gasteiger charge is -2.29. The molecule has 1 N–H and O–H groups in total. The minimum atomic E-state index is -0.284. The van der Waals surface area contributed by atoms with Gasteiger partial charge in [0.2, 0.25) is 0 Å². The summed E-state index contributed by atoms with van der Waals surface area (Å²) in [6.45, 7) is 5.10. The van der Waals surface area contributed by atoms with Crippen molar-refractivity contribution in [3.8, 4) is 5.75 Å². The summed E-state index contributed by atoms with van der Waals surface area (Å²) in [4.78, 5) is 2.32. The van der Waals surface area contributed by atoms with Gasteiger partial charge in [0.15, 0.2) is 11.6 Å². The van der Waals surface area contributed by atoms with Crippen LogP contribution in [0.2, 0.25) is 0 Å². The van der Waals surface area contributed by atoms with Gasteiger partial charge in [0.05, 0.1) is 12.7 Å². The first-order valence-corrected chi connectivity index (χ1v) is 7.00. The number of halogens is 1. The molecule has 106 valence electrons. The molecule has 1 aromatic rings. The maximum Gasteiger partial charge on any atom is 0.165 e. The molecule has 0 unspecified atom stereocenters. The predicted molar refractivity (Wildman–Crippen MR) is 73.0 cm³/mol. The summed E-state index contributed by atoms with van der Waals surface area (Å²) in [7, 11) is 0. The number of benzene rings is 1. The average Bonchev–Trinajstić information content (AvgIpc) is 2.41. The van der Waals surface area contributed by atoms with Crippen molar-refractivity contribution in [3.63, 3.8) is 0 Å². The first-order chi connectivity index (χ1) is 9.19. The Bertz CT molecular complexity index is 403. The third-order valence-electron chi connectivity index (χ3n) is 3.57. The Morgan fingerprint density at radius 2 is 2.11 bits per heavy atom. The normalized spacial score (nSPS) is 17.6. The molecular weight excluding hydrogens is 245 g/mol. The van der Waals surface area contributed by atoms with Gasteiger partial charge in [-0.1, -0.05) is 6.07 Å². The third-order valence-corrected chi connectivity index (χ3v) is 3.57. The van der Waals surface area contributed by atoms with Crippen molar-refractivity contribution >= 4 is 0 Å². The molecule has 2 rings (SSSR count). The first kappa shape index (κ1) is 14.3. The number of likely N-dealkylation sites (tertiary alicyclic amines) is 1. The van der Waals surface area contributed by atoms with E-state index in [4.69, 9.17) is 4.74 Å². The molecule has 1 aromatic carbocycles. The van der Waals surface area contributed by atoms with Crippen LogP contribution < -0.4 is 4.74 Å². The van der Waals surface area contributed by atoms with Gasteiger partial charge in [0.1, 0.15) is 0 Å². The van der Waals surface area contributed by atoms with Gasteiger partial charge in [0, 0.05) is 19.6 Å². The van der Waals surface area contributed by atoms with Crippen molar-refractivity contribution in [2.45, 2.75) is 32.3 Å². The number of hydrogen-bond donors (Lipinski definition) is 1. The Hall–Kier alpha value is -1.13. The fraction of sp³-hybridized carbons (Fsp3) is 0.600. The van der Waals surface area contributed by atoms with E-state index in [2.05, 4.69) is 4.90 Å². The molecular formula is C15H22FNO2. The molecule has 3 nitrogen and oxygen atoms in total. The Balaban J connectivity index is 1.84. The number of aliphatic hydroxyl groups is 1. The van der Waals surface area contributed by atoms with Crippen LogP contribution in [0.15, 0.2) is 18.2 Å². The van der Waals surface area contributed by atoms with Crippen molar-refractivity contribution < 1.29 is 14.2 Å². The van der Waals surface area contributed by atoms with E-state index in [-0.39, 0.29) is 11.9 Å². The number of rotatable bonds is 5. The smallest absolute Gasteiger partial charge is 0.165 e. The van der Waals surface area contributed by atoms with Crippen LogP contribution in [0.3, 0.4) is 0 Å². The zero-order valence-corrected chi connectivity index (χ0v) is 11.4. The number of ether oxygens (including phenoxy) is 1. The molecule has 0 spiro atoms. The van der Waals surface area contributed by atoms with Crippen molar-refractivity contribution in [2.75, 3.05) is 26.2 Å². The van der Waals surface area contributed by atoms with Crippen LogP contribution in [0.4, 0.5) is 4.39 Å². The molecule has 0 bridgehead atoms. The topological polar surface area (TPSA) is 32.7 Å². The molecule has 1 saturated heterocycles. The summed E-state index contributed by atoms with van der Waals surface area (Å²) in [5.41, 5.74) is 0.993. The fourth-order valence-electron chi connectivity index (χ4n) is 2.40. The summed E-state index contributed by atoms with van der Waals surface area (Å²) in [5.74, 6) is 0.0424. The lowest BCUT2D eigenvalue weighted by atomic mass is 10.1. The molecule has 0 radical (unpaired) electrons. The summed E-state index contributed by atoms with van der Waals surface area (Å²) in [6.07, 6.45) is 2.38. The summed E-state index contributed by atoms with van der Waals surface area (Å²) < 4.78 is 18.9. The van der Waals surface area contributed by atoms with E-state index in [9.17, 15) is 9.50 Å². The number of piperidine rings is 1. The van der Waals surface area contributed by atoms with Crippen molar-refractivity contribution in [1.82, 2.24) is 4.90 Å². The Morgan fingerprint density at radius 3 is 2.74 bits per heavy atom. The van der Waals surface area contributed by atoms with E-state index in [0.29, 0.717) is 12.4 Å². The quantitative estimate of drug-likeness (QED) is 0.888. The summed E-state index contributed by atoms with van der Waals surface area (Å²) in [5, 5.41) is 9.44. The third kappa shape index (κ3) is 4.18. The standard InChI is InChI=1S/C15H22FNO2/c1-2-19-15-4-3-12(11-14(15)16)5-8-17-9-6-13(18)7-10-17/h3-4,11,13,18H,2,5-10H2,1H3. The van der Waals surface area contributed by atoms with Gasteiger partial charge >= 0.3 is 0 Å². The van der Waals surface area contributed by atoms with Gasteiger partial charge in [-0.2, -0.15) is 0 Å². The second-order valence-corrected chi connectivity index (χ2v) is 5.02. The highest BCUT2D eigenvalue weighted by Crippen LogP contribution is 2.19. The number of aliphatic hydroxyl groups excluding tert-OH is 1. The average molecular weight is 267 g/mol. The van der Waals surface area contributed by atoms with E-state index in [1.165, 1.54) is 0 Å². The molecule has 4 heteroatoms. The maximum atomic E-state index is 13.7. The largest absolute Gasteiger partial charge is 0.491 e. The highest BCUT2D eigenvalue weighted by atomic mass is 19.1. The van der Waals surface area contributed by atoms with E-state index in [1.807, 2.05) is 13.0 Å². The van der Waals surface area contributed by atoms with E-state index in [1.54, 1.807) is 12.1 Å². The SMILES string of the molecule is CCOc1ccc(CCN2CCC(O)CC2)cc1F. The molecule has 1 fully saturated rings. The Labute approximate surface area is 114 Å². The minimum Gasteiger partial charge on any atom is -0.491 e. The van der Waals surface area contributed by atoms with Gasteiger partial charge in [-0.3, -0.25) is 0 Å². The van der Waals surface area contributed by atoms with E-state index in [0.717, 1.165) is 44.5 Å². The number of nitrogens with zero attached hydrogens (tertiary/aromatic N) is 1. The van der Waals surface area contributed by atoms with Crippen LogP contribution in [0, 0.1) is 5.82 Å². The van der Waals surface area contributed by atoms with Gasteiger partial charge < -0.3 is 14.7 Å². The van der Waals surface area contributed by atoms with Crippen LogP contribution in [0.1, 0.15) is 25.3 Å². The first-order valence-electron chi connectivity index (χ1n) is 7.00. The predicted octanol–water partition coefficient (Wildman–Crippen LogP) is 2.22. The van der Waals surface area contributed by atoms with Gasteiger partial charge in [-0.05, 0) is 43.9 Å². The van der Waals surface area contributed by atoms with Crippen molar-refractivity contribution in [1.29, 1.82) is 0 Å². The van der Waals surface area contributed by atoms with Crippen LogP contribution in [0.5, 0.6) is 5.75 Å². The maximum absolute atomic E-state index is 13.7. The molecule has 19 heavy (non-hydrogen) atoms. The molecule has 0 aliphatic carbocycles.